The highest BCUT2D eigenvalue weighted by atomic mass is 35.5. The van der Waals surface area contributed by atoms with Gasteiger partial charge in [-0.15, -0.1) is 5.10 Å². The van der Waals surface area contributed by atoms with Crippen LogP contribution in [0.4, 0.5) is 5.69 Å². The maximum atomic E-state index is 12.4. The molecule has 0 saturated carbocycles. The number of hydrogen-bond donors (Lipinski definition) is 0. The van der Waals surface area contributed by atoms with E-state index in [0.717, 1.165) is 4.68 Å². The first-order valence-corrected chi connectivity index (χ1v) is 6.24. The van der Waals surface area contributed by atoms with Gasteiger partial charge in [-0.05, 0) is 30.3 Å². The maximum Gasteiger partial charge on any atom is 0.280 e. The second-order valence-corrected chi connectivity index (χ2v) is 4.68. The molecule has 0 spiro atoms. The third kappa shape index (κ3) is 2.34. The Balaban J connectivity index is 2.04. The highest BCUT2D eigenvalue weighted by Gasteiger charge is 2.15. The van der Waals surface area contributed by atoms with Crippen LogP contribution in [-0.4, -0.2) is 25.8 Å². The number of nitro groups is 1. The monoisotopic (exact) mass is 302 g/mol. The van der Waals surface area contributed by atoms with Gasteiger partial charge in [-0.1, -0.05) is 16.8 Å². The van der Waals surface area contributed by atoms with Crippen LogP contribution in [0.2, 0.25) is 5.02 Å². The van der Waals surface area contributed by atoms with E-state index in [1.54, 1.807) is 18.2 Å². The van der Waals surface area contributed by atoms with Crippen molar-refractivity contribution in [2.24, 2.45) is 0 Å². The Morgan fingerprint density at radius 1 is 1.19 bits per heavy atom. The summed E-state index contributed by atoms with van der Waals surface area (Å²) >= 11 is 5.90. The molecule has 0 aliphatic heterocycles. The average molecular weight is 303 g/mol. The third-order valence-electron chi connectivity index (χ3n) is 2.92. The maximum absolute atomic E-state index is 12.4. The van der Waals surface area contributed by atoms with E-state index < -0.39 is 10.8 Å². The number of nitrogens with zero attached hydrogens (tertiary/aromatic N) is 4. The zero-order valence-electron chi connectivity index (χ0n) is 10.4. The first-order valence-electron chi connectivity index (χ1n) is 5.86. The normalized spacial score (nSPS) is 10.7. The van der Waals surface area contributed by atoms with E-state index in [4.69, 9.17) is 11.6 Å². The zero-order valence-corrected chi connectivity index (χ0v) is 11.2. The molecule has 0 radical (unpaired) electrons. The van der Waals surface area contributed by atoms with E-state index in [0.29, 0.717) is 16.1 Å². The number of carbonyl (C=O) groups is 1. The number of rotatable bonds is 2. The van der Waals surface area contributed by atoms with Crippen molar-refractivity contribution in [2.45, 2.75) is 0 Å². The molecule has 0 fully saturated rings. The number of non-ortho nitro benzene ring substituents is 1. The van der Waals surface area contributed by atoms with Crippen LogP contribution in [0.15, 0.2) is 42.5 Å². The summed E-state index contributed by atoms with van der Waals surface area (Å²) in [6, 6.07) is 10.2. The molecule has 21 heavy (non-hydrogen) atoms. The number of carbonyl (C=O) groups excluding carboxylic acids is 1. The fourth-order valence-corrected chi connectivity index (χ4v) is 2.06. The van der Waals surface area contributed by atoms with E-state index in [-0.39, 0.29) is 11.3 Å². The van der Waals surface area contributed by atoms with E-state index >= 15 is 0 Å². The summed E-state index contributed by atoms with van der Waals surface area (Å²) < 4.78 is 1.11. The van der Waals surface area contributed by atoms with Crippen molar-refractivity contribution in [3.8, 4) is 0 Å². The van der Waals surface area contributed by atoms with E-state index in [2.05, 4.69) is 10.3 Å². The molecule has 104 valence electrons. The average Bonchev–Trinajstić information content (AvgIpc) is 2.89. The first-order chi connectivity index (χ1) is 10.1. The minimum Gasteiger partial charge on any atom is -0.267 e. The Bertz CT molecular complexity index is 857. The van der Waals surface area contributed by atoms with Crippen LogP contribution in [0.3, 0.4) is 0 Å². The summed E-state index contributed by atoms with van der Waals surface area (Å²) in [5, 5.41) is 18.7. The van der Waals surface area contributed by atoms with Gasteiger partial charge < -0.3 is 0 Å². The van der Waals surface area contributed by atoms with Gasteiger partial charge in [-0.3, -0.25) is 14.9 Å². The number of hydrogen-bond acceptors (Lipinski definition) is 5. The summed E-state index contributed by atoms with van der Waals surface area (Å²) in [6.07, 6.45) is 0. The molecule has 0 bridgehead atoms. The lowest BCUT2D eigenvalue weighted by Gasteiger charge is -2.01. The molecule has 3 rings (SSSR count). The number of nitro benzene ring substituents is 1. The van der Waals surface area contributed by atoms with Crippen molar-refractivity contribution in [3.63, 3.8) is 0 Å². The van der Waals surface area contributed by atoms with Crippen LogP contribution in [0.25, 0.3) is 11.0 Å². The lowest BCUT2D eigenvalue weighted by Crippen LogP contribution is -2.13. The third-order valence-corrected chi connectivity index (χ3v) is 3.16. The van der Waals surface area contributed by atoms with Gasteiger partial charge in [0.15, 0.2) is 0 Å². The van der Waals surface area contributed by atoms with E-state index in [1.807, 2.05) is 0 Å². The molecule has 0 aliphatic rings. The minimum absolute atomic E-state index is 0.0851. The molecule has 0 atom stereocenters. The van der Waals surface area contributed by atoms with Gasteiger partial charge in [0, 0.05) is 22.7 Å². The minimum atomic E-state index is -0.529. The first kappa shape index (κ1) is 13.2. The molecule has 0 N–H and O–H groups in total. The lowest BCUT2D eigenvalue weighted by molar-refractivity contribution is -0.384. The van der Waals surface area contributed by atoms with Crippen LogP contribution in [0.1, 0.15) is 10.4 Å². The Kier molecular flexibility index (Phi) is 3.11. The molecule has 2 aromatic carbocycles. The molecule has 0 aliphatic carbocycles. The van der Waals surface area contributed by atoms with Crippen molar-refractivity contribution >= 4 is 34.2 Å². The van der Waals surface area contributed by atoms with Crippen molar-refractivity contribution < 1.29 is 9.72 Å². The molecular weight excluding hydrogens is 296 g/mol. The number of halogens is 1. The Labute approximate surface area is 122 Å². The zero-order chi connectivity index (χ0) is 15.0. The van der Waals surface area contributed by atoms with Crippen LogP contribution in [0, 0.1) is 10.1 Å². The fraction of sp³-hybridized carbons (Fsp3) is 0. The van der Waals surface area contributed by atoms with Crippen LogP contribution < -0.4 is 0 Å². The summed E-state index contributed by atoms with van der Waals surface area (Å²) in [5.41, 5.74) is 1.20. The molecule has 0 amide bonds. The van der Waals surface area contributed by atoms with Crippen molar-refractivity contribution in [1.82, 2.24) is 15.0 Å². The van der Waals surface area contributed by atoms with Gasteiger partial charge in [-0.2, -0.15) is 4.68 Å². The standard InChI is InChI=1S/C13H7ClN4O3/c14-9-3-6-11-12(7-9)17(16-15-11)13(19)8-1-4-10(5-2-8)18(20)21/h1-7H. The molecule has 0 saturated heterocycles. The molecule has 1 aromatic heterocycles. The molecular formula is C13H7ClN4O3. The van der Waals surface area contributed by atoms with E-state index in [1.165, 1.54) is 24.3 Å². The summed E-state index contributed by atoms with van der Waals surface area (Å²) in [7, 11) is 0. The van der Waals surface area contributed by atoms with Crippen molar-refractivity contribution in [3.05, 3.63) is 63.2 Å². The van der Waals surface area contributed by atoms with Gasteiger partial charge in [-0.25, -0.2) is 0 Å². The summed E-state index contributed by atoms with van der Waals surface area (Å²) in [6.45, 7) is 0. The predicted molar refractivity (Wildman–Crippen MR) is 75.4 cm³/mol. The van der Waals surface area contributed by atoms with Gasteiger partial charge in [0.05, 0.1) is 10.4 Å². The number of benzene rings is 2. The summed E-state index contributed by atoms with van der Waals surface area (Å²) in [5.74, 6) is -0.435. The van der Waals surface area contributed by atoms with Crippen LogP contribution >= 0.6 is 11.6 Å². The van der Waals surface area contributed by atoms with E-state index in [9.17, 15) is 14.9 Å². The topological polar surface area (TPSA) is 90.9 Å². The van der Waals surface area contributed by atoms with Gasteiger partial charge in [0.1, 0.15) is 5.52 Å². The van der Waals surface area contributed by atoms with Gasteiger partial charge in [0.25, 0.3) is 11.6 Å². The smallest absolute Gasteiger partial charge is 0.267 e. The summed E-state index contributed by atoms with van der Waals surface area (Å²) in [4.78, 5) is 22.4. The second kappa shape index (κ2) is 4.95. The molecule has 7 nitrogen and oxygen atoms in total. The molecule has 3 aromatic rings. The second-order valence-electron chi connectivity index (χ2n) is 4.24. The SMILES string of the molecule is O=C(c1ccc([N+](=O)[O-])cc1)n1nnc2ccc(Cl)cc21. The Morgan fingerprint density at radius 3 is 2.57 bits per heavy atom. The lowest BCUT2D eigenvalue weighted by atomic mass is 10.2. The quantitative estimate of drug-likeness (QED) is 0.536. The highest BCUT2D eigenvalue weighted by molar-refractivity contribution is 6.31. The molecule has 1 heterocycles. The Hall–Kier alpha value is -2.80. The predicted octanol–water partition coefficient (Wildman–Crippen LogP) is 2.68. The Morgan fingerprint density at radius 2 is 1.90 bits per heavy atom. The van der Waals surface area contributed by atoms with Gasteiger partial charge >= 0.3 is 0 Å². The highest BCUT2D eigenvalue weighted by Crippen LogP contribution is 2.19. The van der Waals surface area contributed by atoms with Crippen molar-refractivity contribution in [1.29, 1.82) is 0 Å². The van der Waals surface area contributed by atoms with Crippen LogP contribution in [0.5, 0.6) is 0 Å². The molecule has 0 unspecified atom stereocenters. The van der Waals surface area contributed by atoms with Crippen LogP contribution in [-0.2, 0) is 0 Å². The fourth-order valence-electron chi connectivity index (χ4n) is 1.89. The number of fused-ring (bicyclic) bond motifs is 1. The molecule has 8 heteroatoms. The number of aromatic nitrogens is 3. The van der Waals surface area contributed by atoms with Crippen molar-refractivity contribution in [2.75, 3.05) is 0 Å². The van der Waals surface area contributed by atoms with Gasteiger partial charge in [0.2, 0.25) is 0 Å². The largest absolute Gasteiger partial charge is 0.280 e.